The number of aliphatic hydroxyl groups is 1. The molecule has 3 rings (SSSR count). The maximum absolute atomic E-state index is 12.0. The van der Waals surface area contributed by atoms with E-state index in [0.29, 0.717) is 5.69 Å². The first-order valence-electron chi connectivity index (χ1n) is 9.92. The molecule has 0 fully saturated rings. The van der Waals surface area contributed by atoms with E-state index in [1.54, 1.807) is 0 Å². The second-order valence-electron chi connectivity index (χ2n) is 7.64. The van der Waals surface area contributed by atoms with Crippen LogP contribution in [-0.2, 0) is 17.6 Å². The molecular weight excluding hydrogens is 360 g/mol. The second-order valence-corrected chi connectivity index (χ2v) is 7.64. The number of benzene rings is 3. The largest absolute Gasteiger partial charge is 0.394 e. The van der Waals surface area contributed by atoms with Crippen molar-refractivity contribution in [3.8, 4) is 11.1 Å². The summed E-state index contributed by atoms with van der Waals surface area (Å²) in [6, 6.07) is 26.9. The molecule has 0 saturated heterocycles. The van der Waals surface area contributed by atoms with Crippen molar-refractivity contribution in [2.75, 3.05) is 11.9 Å². The summed E-state index contributed by atoms with van der Waals surface area (Å²) in [6.07, 6.45) is 3.05. The molecule has 0 aromatic heterocycles. The number of carbonyl (C=O) groups is 1. The maximum Gasteiger partial charge on any atom is 0.246 e. The second kappa shape index (κ2) is 9.50. The Hall–Kier alpha value is -2.95. The number of aryl methyl sites for hydroxylation is 2. The molecule has 4 heteroatoms. The van der Waals surface area contributed by atoms with Crippen molar-refractivity contribution in [2.45, 2.75) is 31.7 Å². The molecule has 0 unspecified atom stereocenters. The Balaban J connectivity index is 1.49. The summed E-state index contributed by atoms with van der Waals surface area (Å²) in [7, 11) is 0. The summed E-state index contributed by atoms with van der Waals surface area (Å²) >= 11 is 0. The lowest BCUT2D eigenvalue weighted by Crippen LogP contribution is -2.51. The van der Waals surface area contributed by atoms with Crippen LogP contribution in [0.4, 0.5) is 5.69 Å². The predicted molar refractivity (Wildman–Crippen MR) is 119 cm³/mol. The summed E-state index contributed by atoms with van der Waals surface area (Å²) in [4.78, 5) is 12.0. The van der Waals surface area contributed by atoms with E-state index in [2.05, 4.69) is 53.8 Å². The number of aliphatic hydroxyl groups excluding tert-OH is 1. The number of nitrogens with one attached hydrogen (secondary N) is 1. The van der Waals surface area contributed by atoms with E-state index in [9.17, 15) is 4.79 Å². The summed E-state index contributed by atoms with van der Waals surface area (Å²) in [5.74, 6) is -0.397. The topological polar surface area (TPSA) is 75.3 Å². The number of nitrogens with two attached hydrogens (primary N) is 1. The minimum Gasteiger partial charge on any atom is -0.394 e. The highest BCUT2D eigenvalue weighted by molar-refractivity contribution is 5.97. The van der Waals surface area contributed by atoms with Crippen LogP contribution in [0.1, 0.15) is 24.5 Å². The first kappa shape index (κ1) is 20.8. The maximum atomic E-state index is 12.0. The molecule has 1 amide bonds. The summed E-state index contributed by atoms with van der Waals surface area (Å²) in [6.45, 7) is 1.10. The third kappa shape index (κ3) is 5.76. The van der Waals surface area contributed by atoms with Gasteiger partial charge in [-0.25, -0.2) is 0 Å². The molecule has 3 aromatic rings. The number of amides is 1. The van der Waals surface area contributed by atoms with Crippen molar-refractivity contribution in [1.82, 2.24) is 0 Å². The van der Waals surface area contributed by atoms with Gasteiger partial charge in [-0.05, 0) is 60.6 Å². The van der Waals surface area contributed by atoms with Crippen LogP contribution in [0.3, 0.4) is 0 Å². The zero-order valence-corrected chi connectivity index (χ0v) is 16.8. The van der Waals surface area contributed by atoms with Crippen molar-refractivity contribution in [2.24, 2.45) is 5.73 Å². The molecule has 0 spiro atoms. The third-order valence-electron chi connectivity index (χ3n) is 5.05. The van der Waals surface area contributed by atoms with Gasteiger partial charge >= 0.3 is 0 Å². The smallest absolute Gasteiger partial charge is 0.246 e. The molecule has 0 saturated carbocycles. The minimum absolute atomic E-state index is 0.397. The standard InChI is InChI=1S/C25H28N2O2/c1-25(26,18-28)24(29)27-23-16-12-20(13-17-23)7-5-6-19-10-14-22(15-11-19)21-8-3-2-4-9-21/h2-4,8-17,28H,5-7,18,26H2,1H3,(H,27,29)/t25-/m0/s1. The average Bonchev–Trinajstić information content (AvgIpc) is 2.76. The van der Waals surface area contributed by atoms with E-state index >= 15 is 0 Å². The quantitative estimate of drug-likeness (QED) is 0.542. The fourth-order valence-corrected chi connectivity index (χ4v) is 3.09. The molecule has 29 heavy (non-hydrogen) atoms. The van der Waals surface area contributed by atoms with Crippen molar-refractivity contribution < 1.29 is 9.90 Å². The van der Waals surface area contributed by atoms with Crippen LogP contribution in [0.2, 0.25) is 0 Å². The number of anilines is 1. The number of hydrogen-bond acceptors (Lipinski definition) is 3. The third-order valence-corrected chi connectivity index (χ3v) is 5.05. The SMILES string of the molecule is C[C@](N)(CO)C(=O)Nc1ccc(CCCc2ccc(-c3ccccc3)cc2)cc1. The van der Waals surface area contributed by atoms with Crippen molar-refractivity contribution in [1.29, 1.82) is 0 Å². The fraction of sp³-hybridized carbons (Fsp3) is 0.240. The van der Waals surface area contributed by atoms with Gasteiger partial charge in [-0.15, -0.1) is 0 Å². The van der Waals surface area contributed by atoms with E-state index in [0.717, 1.165) is 19.3 Å². The van der Waals surface area contributed by atoms with Crippen LogP contribution in [-0.4, -0.2) is 23.2 Å². The Morgan fingerprint density at radius 1 is 0.862 bits per heavy atom. The Morgan fingerprint density at radius 2 is 1.38 bits per heavy atom. The lowest BCUT2D eigenvalue weighted by molar-refractivity contribution is -0.121. The van der Waals surface area contributed by atoms with Crippen LogP contribution in [0.15, 0.2) is 78.9 Å². The molecule has 0 bridgehead atoms. The molecule has 0 radical (unpaired) electrons. The van der Waals surface area contributed by atoms with Crippen LogP contribution >= 0.6 is 0 Å². The lowest BCUT2D eigenvalue weighted by Gasteiger charge is -2.20. The minimum atomic E-state index is -1.28. The van der Waals surface area contributed by atoms with E-state index in [1.165, 1.54) is 29.2 Å². The summed E-state index contributed by atoms with van der Waals surface area (Å²) in [5, 5.41) is 11.9. The Morgan fingerprint density at radius 3 is 1.93 bits per heavy atom. The van der Waals surface area contributed by atoms with E-state index in [4.69, 9.17) is 10.8 Å². The van der Waals surface area contributed by atoms with Crippen LogP contribution < -0.4 is 11.1 Å². The molecule has 0 aliphatic heterocycles. The molecule has 0 aliphatic rings. The molecule has 150 valence electrons. The first-order valence-corrected chi connectivity index (χ1v) is 9.92. The highest BCUT2D eigenvalue weighted by Gasteiger charge is 2.27. The molecule has 4 nitrogen and oxygen atoms in total. The molecule has 3 aromatic carbocycles. The van der Waals surface area contributed by atoms with Crippen molar-refractivity contribution >= 4 is 11.6 Å². The molecule has 0 aliphatic carbocycles. The fourth-order valence-electron chi connectivity index (χ4n) is 3.09. The lowest BCUT2D eigenvalue weighted by atomic mass is 10.0. The zero-order valence-electron chi connectivity index (χ0n) is 16.8. The van der Waals surface area contributed by atoms with Gasteiger partial charge in [0.2, 0.25) is 5.91 Å². The molecular formula is C25H28N2O2. The average molecular weight is 389 g/mol. The zero-order chi connectivity index (χ0) is 20.7. The molecule has 4 N–H and O–H groups in total. The van der Waals surface area contributed by atoms with Crippen molar-refractivity contribution in [3.63, 3.8) is 0 Å². The van der Waals surface area contributed by atoms with Gasteiger partial charge in [0.05, 0.1) is 6.61 Å². The normalized spacial score (nSPS) is 12.9. The Kier molecular flexibility index (Phi) is 6.81. The Bertz CT molecular complexity index is 917. The van der Waals surface area contributed by atoms with Gasteiger partial charge in [-0.3, -0.25) is 4.79 Å². The Labute approximate surface area is 172 Å². The molecule has 1 atom stereocenters. The number of hydrogen-bond donors (Lipinski definition) is 3. The van der Waals surface area contributed by atoms with E-state index < -0.39 is 18.1 Å². The van der Waals surface area contributed by atoms with Gasteiger partial charge in [0.1, 0.15) is 5.54 Å². The summed E-state index contributed by atoms with van der Waals surface area (Å²) < 4.78 is 0. The van der Waals surface area contributed by atoms with E-state index in [-0.39, 0.29) is 0 Å². The van der Waals surface area contributed by atoms with Gasteiger partial charge < -0.3 is 16.2 Å². The van der Waals surface area contributed by atoms with Gasteiger partial charge in [-0.1, -0.05) is 66.7 Å². The van der Waals surface area contributed by atoms with Crippen LogP contribution in [0.5, 0.6) is 0 Å². The number of carbonyl (C=O) groups excluding carboxylic acids is 1. The van der Waals surface area contributed by atoms with Crippen LogP contribution in [0, 0.1) is 0 Å². The molecule has 0 heterocycles. The van der Waals surface area contributed by atoms with E-state index in [1.807, 2.05) is 30.3 Å². The van der Waals surface area contributed by atoms with Crippen LogP contribution in [0.25, 0.3) is 11.1 Å². The van der Waals surface area contributed by atoms with Gasteiger partial charge in [0.25, 0.3) is 0 Å². The highest BCUT2D eigenvalue weighted by Crippen LogP contribution is 2.20. The van der Waals surface area contributed by atoms with Gasteiger partial charge in [0, 0.05) is 5.69 Å². The van der Waals surface area contributed by atoms with Gasteiger partial charge in [0.15, 0.2) is 0 Å². The predicted octanol–water partition coefficient (Wildman–Crippen LogP) is 4.18. The van der Waals surface area contributed by atoms with Gasteiger partial charge in [-0.2, -0.15) is 0 Å². The highest BCUT2D eigenvalue weighted by atomic mass is 16.3. The number of rotatable bonds is 8. The monoisotopic (exact) mass is 388 g/mol. The summed E-state index contributed by atoms with van der Waals surface area (Å²) in [5.41, 5.74) is 10.2. The first-order chi connectivity index (χ1) is 14.0. The van der Waals surface area contributed by atoms with Crippen molar-refractivity contribution in [3.05, 3.63) is 90.0 Å².